The van der Waals surface area contributed by atoms with E-state index >= 15 is 0 Å². The molecule has 0 aromatic heterocycles. The average Bonchev–Trinajstić information content (AvgIpc) is 2.48. The van der Waals surface area contributed by atoms with Gasteiger partial charge in [-0.25, -0.2) is 9.59 Å². The first kappa shape index (κ1) is 18.1. The summed E-state index contributed by atoms with van der Waals surface area (Å²) in [6.45, 7) is -0.754. The lowest BCUT2D eigenvalue weighted by molar-refractivity contribution is -0.00160. The van der Waals surface area contributed by atoms with E-state index in [1.54, 1.807) is 0 Å². The first-order valence-electron chi connectivity index (χ1n) is 6.50. The van der Waals surface area contributed by atoms with Crippen LogP contribution in [0.1, 0.15) is 31.8 Å². The summed E-state index contributed by atoms with van der Waals surface area (Å²) in [4.78, 5) is 22.5. The largest absolute Gasteiger partial charge is 0.478 e. The predicted octanol–water partition coefficient (Wildman–Crippen LogP) is 0.101. The molecule has 0 spiro atoms. The third-order valence-electron chi connectivity index (χ3n) is 3.01. The summed E-state index contributed by atoms with van der Waals surface area (Å²) in [6, 6.07) is 2.47. The summed E-state index contributed by atoms with van der Waals surface area (Å²) in [5.74, 6) is -2.48. The average molecular weight is 314 g/mol. The monoisotopic (exact) mass is 314 g/mol. The number of rotatable bonds is 10. The van der Waals surface area contributed by atoms with Crippen molar-refractivity contribution in [1.82, 2.24) is 0 Å². The molecule has 0 radical (unpaired) electrons. The molecular weight excluding hydrogens is 296 g/mol. The predicted molar refractivity (Wildman–Crippen MR) is 73.8 cm³/mol. The van der Waals surface area contributed by atoms with E-state index in [4.69, 9.17) is 24.8 Å². The molecule has 0 fully saturated rings. The standard InChI is InChI=1S/C14H18O8/c15-7-21-3-1-9-5-10(13(17)18)6-12(14(19)20)11(9)2-4-22-8-16/h5-6,15-16H,1-4,7-8H2,(H,17,18)(H,19,20). The van der Waals surface area contributed by atoms with Crippen LogP contribution in [0.2, 0.25) is 0 Å². The van der Waals surface area contributed by atoms with Gasteiger partial charge in [0.15, 0.2) is 0 Å². The Morgan fingerprint density at radius 2 is 1.50 bits per heavy atom. The Balaban J connectivity index is 3.19. The molecule has 0 saturated heterocycles. The van der Waals surface area contributed by atoms with E-state index in [1.807, 2.05) is 0 Å². The van der Waals surface area contributed by atoms with Gasteiger partial charge in [0, 0.05) is 0 Å². The zero-order valence-electron chi connectivity index (χ0n) is 11.8. The lowest BCUT2D eigenvalue weighted by Crippen LogP contribution is -2.14. The molecule has 0 bridgehead atoms. The number of aliphatic hydroxyl groups excluding tert-OH is 2. The van der Waals surface area contributed by atoms with Crippen molar-refractivity contribution in [3.8, 4) is 0 Å². The number of benzene rings is 1. The molecule has 1 rings (SSSR count). The van der Waals surface area contributed by atoms with Crippen LogP contribution in [0.4, 0.5) is 0 Å². The van der Waals surface area contributed by atoms with Gasteiger partial charge in [0.25, 0.3) is 0 Å². The number of aromatic carboxylic acids is 2. The van der Waals surface area contributed by atoms with E-state index in [2.05, 4.69) is 0 Å². The maximum absolute atomic E-state index is 11.4. The second-order valence-corrected chi connectivity index (χ2v) is 4.35. The van der Waals surface area contributed by atoms with Crippen molar-refractivity contribution in [2.45, 2.75) is 12.8 Å². The molecule has 0 aliphatic carbocycles. The Hall–Kier alpha value is -2.00. The summed E-state index contributed by atoms with van der Waals surface area (Å²) in [5, 5.41) is 35.6. The summed E-state index contributed by atoms with van der Waals surface area (Å²) in [6.07, 6.45) is 0.451. The number of carbonyl (C=O) groups is 2. The summed E-state index contributed by atoms with van der Waals surface area (Å²) >= 11 is 0. The van der Waals surface area contributed by atoms with Crippen LogP contribution in [0.15, 0.2) is 12.1 Å². The molecule has 1 aromatic carbocycles. The molecule has 0 heterocycles. The van der Waals surface area contributed by atoms with Crippen LogP contribution in [0, 0.1) is 0 Å². The number of ether oxygens (including phenoxy) is 2. The molecular formula is C14H18O8. The Morgan fingerprint density at radius 1 is 0.909 bits per heavy atom. The van der Waals surface area contributed by atoms with E-state index in [-0.39, 0.29) is 37.2 Å². The van der Waals surface area contributed by atoms with Crippen LogP contribution in [0.3, 0.4) is 0 Å². The van der Waals surface area contributed by atoms with Crippen LogP contribution >= 0.6 is 0 Å². The second-order valence-electron chi connectivity index (χ2n) is 4.35. The van der Waals surface area contributed by atoms with E-state index in [1.165, 1.54) is 6.07 Å². The van der Waals surface area contributed by atoms with Crippen molar-refractivity contribution >= 4 is 11.9 Å². The lowest BCUT2D eigenvalue weighted by atomic mass is 9.93. The Bertz CT molecular complexity index is 526. The molecule has 0 aliphatic heterocycles. The molecule has 1 aromatic rings. The number of carboxylic acid groups (broad SMARTS) is 2. The smallest absolute Gasteiger partial charge is 0.335 e. The van der Waals surface area contributed by atoms with Gasteiger partial charge in [-0.1, -0.05) is 0 Å². The lowest BCUT2D eigenvalue weighted by Gasteiger charge is -2.14. The zero-order chi connectivity index (χ0) is 16.5. The van der Waals surface area contributed by atoms with Gasteiger partial charge in [0.2, 0.25) is 0 Å². The highest BCUT2D eigenvalue weighted by molar-refractivity contribution is 5.95. The van der Waals surface area contributed by atoms with Gasteiger partial charge in [-0.3, -0.25) is 0 Å². The van der Waals surface area contributed by atoms with Crippen LogP contribution in [0.5, 0.6) is 0 Å². The molecule has 0 saturated carbocycles. The quantitative estimate of drug-likeness (QED) is 0.353. The van der Waals surface area contributed by atoms with E-state index in [0.717, 1.165) is 6.07 Å². The number of hydrogen-bond donors (Lipinski definition) is 4. The highest BCUT2D eigenvalue weighted by atomic mass is 16.6. The molecule has 8 heteroatoms. The van der Waals surface area contributed by atoms with Gasteiger partial charge in [-0.2, -0.15) is 0 Å². The fourth-order valence-corrected chi connectivity index (χ4v) is 2.05. The van der Waals surface area contributed by atoms with Crippen molar-refractivity contribution in [1.29, 1.82) is 0 Å². The van der Waals surface area contributed by atoms with Crippen molar-refractivity contribution < 1.29 is 39.5 Å². The maximum atomic E-state index is 11.4. The van der Waals surface area contributed by atoms with E-state index in [0.29, 0.717) is 11.1 Å². The normalized spacial score (nSPS) is 10.6. The molecule has 22 heavy (non-hydrogen) atoms. The fraction of sp³-hybridized carbons (Fsp3) is 0.429. The molecule has 0 amide bonds. The molecule has 122 valence electrons. The highest BCUT2D eigenvalue weighted by Crippen LogP contribution is 2.20. The van der Waals surface area contributed by atoms with Crippen LogP contribution in [0.25, 0.3) is 0 Å². The summed E-state index contributed by atoms with van der Waals surface area (Å²) < 4.78 is 9.61. The third-order valence-corrected chi connectivity index (χ3v) is 3.01. The Kier molecular flexibility index (Phi) is 7.47. The van der Waals surface area contributed by atoms with Crippen molar-refractivity contribution in [2.75, 3.05) is 26.8 Å². The van der Waals surface area contributed by atoms with Gasteiger partial charge in [0.1, 0.15) is 13.6 Å². The molecule has 4 N–H and O–H groups in total. The number of hydrogen-bond acceptors (Lipinski definition) is 6. The van der Waals surface area contributed by atoms with E-state index in [9.17, 15) is 14.7 Å². The Morgan fingerprint density at radius 3 is 2.00 bits per heavy atom. The molecule has 0 atom stereocenters. The van der Waals surface area contributed by atoms with Crippen LogP contribution < -0.4 is 0 Å². The first-order chi connectivity index (χ1) is 10.5. The SMILES string of the molecule is O=C(O)c1cc(CCOCO)c(CCOCO)c(C(=O)O)c1. The second kappa shape index (κ2) is 9.11. The minimum absolute atomic E-state index is 0.0943. The van der Waals surface area contributed by atoms with Gasteiger partial charge >= 0.3 is 11.9 Å². The number of carboxylic acids is 2. The van der Waals surface area contributed by atoms with Crippen LogP contribution in [-0.4, -0.2) is 59.2 Å². The third kappa shape index (κ3) is 5.08. The maximum Gasteiger partial charge on any atom is 0.335 e. The van der Waals surface area contributed by atoms with Crippen molar-refractivity contribution in [2.24, 2.45) is 0 Å². The summed E-state index contributed by atoms with van der Waals surface area (Å²) in [5.41, 5.74) is 0.656. The van der Waals surface area contributed by atoms with Crippen molar-refractivity contribution in [3.05, 3.63) is 34.4 Å². The Labute approximate surface area is 126 Å². The number of aliphatic hydroxyl groups is 2. The van der Waals surface area contributed by atoms with Crippen LogP contribution in [-0.2, 0) is 22.3 Å². The highest BCUT2D eigenvalue weighted by Gasteiger charge is 2.18. The van der Waals surface area contributed by atoms with Crippen molar-refractivity contribution in [3.63, 3.8) is 0 Å². The molecule has 0 unspecified atom stereocenters. The van der Waals surface area contributed by atoms with Gasteiger partial charge in [-0.05, 0) is 36.1 Å². The minimum atomic E-state index is -1.24. The van der Waals surface area contributed by atoms with Gasteiger partial charge in [0.05, 0.1) is 24.3 Å². The molecule has 0 aliphatic rings. The first-order valence-corrected chi connectivity index (χ1v) is 6.50. The topological polar surface area (TPSA) is 134 Å². The zero-order valence-corrected chi connectivity index (χ0v) is 11.8. The van der Waals surface area contributed by atoms with E-state index < -0.39 is 25.5 Å². The minimum Gasteiger partial charge on any atom is -0.478 e. The van der Waals surface area contributed by atoms with Gasteiger partial charge < -0.3 is 29.9 Å². The molecule has 8 nitrogen and oxygen atoms in total. The summed E-state index contributed by atoms with van der Waals surface area (Å²) in [7, 11) is 0. The fourth-order valence-electron chi connectivity index (χ4n) is 2.05. The van der Waals surface area contributed by atoms with Gasteiger partial charge in [-0.15, -0.1) is 0 Å².